The predicted octanol–water partition coefficient (Wildman–Crippen LogP) is 2.73. The molecule has 0 amide bonds. The van der Waals surface area contributed by atoms with Crippen LogP contribution in [0.1, 0.15) is 47.5 Å². The van der Waals surface area contributed by atoms with Gasteiger partial charge in [-0.25, -0.2) is 0 Å². The minimum atomic E-state index is 0.567. The van der Waals surface area contributed by atoms with Crippen LogP contribution in [0.25, 0.3) is 0 Å². The third-order valence-corrected chi connectivity index (χ3v) is 3.12. The maximum atomic E-state index is 5.91. The second kappa shape index (κ2) is 8.12. The molecule has 0 saturated carbocycles. The lowest BCUT2D eigenvalue weighted by molar-refractivity contribution is 0.139. The first-order chi connectivity index (χ1) is 7.06. The molecular weight excluding hydrogens is 184 g/mol. The molecule has 0 spiro atoms. The number of rotatable bonds is 8. The summed E-state index contributed by atoms with van der Waals surface area (Å²) in [5.41, 5.74) is 5.91. The van der Waals surface area contributed by atoms with Crippen molar-refractivity contribution in [3.8, 4) is 0 Å². The van der Waals surface area contributed by atoms with Gasteiger partial charge in [0.15, 0.2) is 0 Å². The van der Waals surface area contributed by atoms with Crippen LogP contribution in [0.3, 0.4) is 0 Å². The van der Waals surface area contributed by atoms with Gasteiger partial charge in [0, 0.05) is 19.1 Å². The van der Waals surface area contributed by atoms with Crippen LogP contribution in [0, 0.1) is 11.8 Å². The third kappa shape index (κ3) is 5.53. The molecule has 0 rings (SSSR count). The zero-order valence-electron chi connectivity index (χ0n) is 11.3. The molecule has 0 fully saturated rings. The Morgan fingerprint density at radius 3 is 2.07 bits per heavy atom. The van der Waals surface area contributed by atoms with E-state index in [0.29, 0.717) is 6.04 Å². The number of hydrogen-bond donors (Lipinski definition) is 1. The van der Waals surface area contributed by atoms with Gasteiger partial charge < -0.3 is 5.73 Å². The van der Waals surface area contributed by atoms with E-state index in [2.05, 4.69) is 39.5 Å². The molecule has 2 nitrogen and oxygen atoms in total. The van der Waals surface area contributed by atoms with Gasteiger partial charge in [-0.2, -0.15) is 0 Å². The summed E-state index contributed by atoms with van der Waals surface area (Å²) >= 11 is 0. The van der Waals surface area contributed by atoms with E-state index in [1.807, 2.05) is 0 Å². The van der Waals surface area contributed by atoms with E-state index in [-0.39, 0.29) is 0 Å². The summed E-state index contributed by atoms with van der Waals surface area (Å²) < 4.78 is 0. The predicted molar refractivity (Wildman–Crippen MR) is 69.0 cm³/mol. The topological polar surface area (TPSA) is 29.3 Å². The van der Waals surface area contributed by atoms with Gasteiger partial charge >= 0.3 is 0 Å². The molecule has 2 atom stereocenters. The molecule has 15 heavy (non-hydrogen) atoms. The van der Waals surface area contributed by atoms with Gasteiger partial charge in [0.2, 0.25) is 0 Å². The van der Waals surface area contributed by atoms with Crippen LogP contribution in [-0.2, 0) is 0 Å². The molecule has 0 aliphatic rings. The molecule has 2 N–H and O–H groups in total. The average Bonchev–Trinajstić information content (AvgIpc) is 2.17. The molecule has 0 bridgehead atoms. The quantitative estimate of drug-likeness (QED) is 0.673. The van der Waals surface area contributed by atoms with E-state index >= 15 is 0 Å². The monoisotopic (exact) mass is 214 g/mol. The van der Waals surface area contributed by atoms with Gasteiger partial charge in [-0.3, -0.25) is 4.90 Å². The lowest BCUT2D eigenvalue weighted by Crippen LogP contribution is -2.46. The van der Waals surface area contributed by atoms with E-state index < -0.39 is 0 Å². The molecule has 0 aromatic carbocycles. The summed E-state index contributed by atoms with van der Waals surface area (Å²) in [5.74, 6) is 1.45. The van der Waals surface area contributed by atoms with Crippen molar-refractivity contribution in [3.63, 3.8) is 0 Å². The zero-order valence-corrected chi connectivity index (χ0v) is 11.3. The van der Waals surface area contributed by atoms with Gasteiger partial charge in [0.25, 0.3) is 0 Å². The van der Waals surface area contributed by atoms with Crippen molar-refractivity contribution in [2.24, 2.45) is 17.6 Å². The van der Waals surface area contributed by atoms with Gasteiger partial charge in [0.05, 0.1) is 0 Å². The summed E-state index contributed by atoms with van der Waals surface area (Å²) in [7, 11) is 0. The zero-order chi connectivity index (χ0) is 11.8. The van der Waals surface area contributed by atoms with Crippen LogP contribution in [0.2, 0.25) is 0 Å². The fourth-order valence-electron chi connectivity index (χ4n) is 2.36. The fraction of sp³-hybridized carbons (Fsp3) is 1.00. The van der Waals surface area contributed by atoms with Gasteiger partial charge in [-0.15, -0.1) is 0 Å². The largest absolute Gasteiger partial charge is 0.329 e. The molecule has 0 aliphatic heterocycles. The van der Waals surface area contributed by atoms with Crippen LogP contribution in [0.15, 0.2) is 0 Å². The van der Waals surface area contributed by atoms with Crippen molar-refractivity contribution in [2.75, 3.05) is 19.6 Å². The van der Waals surface area contributed by atoms with Crippen LogP contribution in [0.4, 0.5) is 0 Å². The maximum absolute atomic E-state index is 5.91. The lowest BCUT2D eigenvalue weighted by Gasteiger charge is -2.35. The number of nitrogens with zero attached hydrogens (tertiary/aromatic N) is 1. The van der Waals surface area contributed by atoms with Crippen molar-refractivity contribution in [1.82, 2.24) is 4.90 Å². The summed E-state index contributed by atoms with van der Waals surface area (Å²) in [6, 6.07) is 0.567. The molecular formula is C13H30N2. The van der Waals surface area contributed by atoms with Crippen molar-refractivity contribution in [1.29, 1.82) is 0 Å². The Hall–Kier alpha value is -0.0800. The van der Waals surface area contributed by atoms with Crippen molar-refractivity contribution in [2.45, 2.75) is 53.5 Å². The third-order valence-electron chi connectivity index (χ3n) is 3.12. The Kier molecular flexibility index (Phi) is 8.07. The standard InChI is InChI=1S/C13H30N2/c1-6-8-12(5)13(9-14)15(7-2)10-11(3)4/h11-13H,6-10,14H2,1-5H3. The summed E-state index contributed by atoms with van der Waals surface area (Å²) in [6.07, 6.45) is 2.55. The first kappa shape index (κ1) is 14.9. The van der Waals surface area contributed by atoms with E-state index in [1.54, 1.807) is 0 Å². The van der Waals surface area contributed by atoms with Crippen molar-refractivity contribution < 1.29 is 0 Å². The van der Waals surface area contributed by atoms with Crippen LogP contribution >= 0.6 is 0 Å². The summed E-state index contributed by atoms with van der Waals surface area (Å²) in [4.78, 5) is 2.55. The smallest absolute Gasteiger partial charge is 0.0243 e. The second-order valence-corrected chi connectivity index (χ2v) is 5.05. The molecule has 0 aliphatic carbocycles. The Bertz CT molecular complexity index is 145. The van der Waals surface area contributed by atoms with E-state index in [0.717, 1.165) is 24.9 Å². The van der Waals surface area contributed by atoms with Crippen LogP contribution in [0.5, 0.6) is 0 Å². The number of hydrogen-bond acceptors (Lipinski definition) is 2. The highest BCUT2D eigenvalue weighted by molar-refractivity contribution is 4.77. The average molecular weight is 214 g/mol. The number of likely N-dealkylation sites (N-methyl/N-ethyl adjacent to an activating group) is 1. The Morgan fingerprint density at radius 1 is 1.13 bits per heavy atom. The van der Waals surface area contributed by atoms with Gasteiger partial charge in [-0.05, 0) is 24.8 Å². The fourth-order valence-corrected chi connectivity index (χ4v) is 2.36. The Morgan fingerprint density at radius 2 is 1.73 bits per heavy atom. The Labute approximate surface area is 96.2 Å². The summed E-state index contributed by atoms with van der Waals surface area (Å²) in [6.45, 7) is 14.5. The molecule has 2 heteroatoms. The highest BCUT2D eigenvalue weighted by Gasteiger charge is 2.21. The van der Waals surface area contributed by atoms with Crippen LogP contribution in [-0.4, -0.2) is 30.6 Å². The molecule has 0 radical (unpaired) electrons. The maximum Gasteiger partial charge on any atom is 0.0243 e. The Balaban J connectivity index is 4.31. The molecule has 0 heterocycles. The molecule has 0 aromatic heterocycles. The summed E-state index contributed by atoms with van der Waals surface area (Å²) in [5, 5.41) is 0. The molecule has 92 valence electrons. The highest BCUT2D eigenvalue weighted by atomic mass is 15.2. The van der Waals surface area contributed by atoms with Gasteiger partial charge in [-0.1, -0.05) is 41.0 Å². The SMILES string of the molecule is CCCC(C)C(CN)N(CC)CC(C)C. The normalized spacial score (nSPS) is 16.0. The van der Waals surface area contributed by atoms with Crippen molar-refractivity contribution in [3.05, 3.63) is 0 Å². The molecule has 0 saturated heterocycles. The number of nitrogens with two attached hydrogens (primary N) is 1. The van der Waals surface area contributed by atoms with Gasteiger partial charge in [0.1, 0.15) is 0 Å². The highest BCUT2D eigenvalue weighted by Crippen LogP contribution is 2.16. The van der Waals surface area contributed by atoms with E-state index in [4.69, 9.17) is 5.73 Å². The van der Waals surface area contributed by atoms with E-state index in [9.17, 15) is 0 Å². The minimum absolute atomic E-state index is 0.567. The molecule has 2 unspecified atom stereocenters. The van der Waals surface area contributed by atoms with Crippen molar-refractivity contribution >= 4 is 0 Å². The van der Waals surface area contributed by atoms with Crippen LogP contribution < -0.4 is 5.73 Å². The second-order valence-electron chi connectivity index (χ2n) is 5.05. The minimum Gasteiger partial charge on any atom is -0.329 e. The first-order valence-corrected chi connectivity index (χ1v) is 6.50. The molecule has 0 aromatic rings. The van der Waals surface area contributed by atoms with E-state index in [1.165, 1.54) is 19.4 Å². The lowest BCUT2D eigenvalue weighted by atomic mass is 9.95. The first-order valence-electron chi connectivity index (χ1n) is 6.50.